The van der Waals surface area contributed by atoms with Gasteiger partial charge in [0.2, 0.25) is 0 Å². The van der Waals surface area contributed by atoms with Gasteiger partial charge in [0.15, 0.2) is 0 Å². The third kappa shape index (κ3) is 3.92. The van der Waals surface area contributed by atoms with Crippen LogP contribution in [0.4, 0.5) is 0 Å². The Kier molecular flexibility index (Phi) is 4.63. The van der Waals surface area contributed by atoms with Crippen LogP contribution in [0.2, 0.25) is 0 Å². The van der Waals surface area contributed by atoms with Gasteiger partial charge < -0.3 is 10.1 Å². The van der Waals surface area contributed by atoms with Crippen molar-refractivity contribution in [1.29, 1.82) is 0 Å². The highest BCUT2D eigenvalue weighted by Crippen LogP contribution is 2.20. The Balaban J connectivity index is 2.59. The first-order chi connectivity index (χ1) is 7.20. The van der Waals surface area contributed by atoms with Gasteiger partial charge in [-0.25, -0.2) is 0 Å². The van der Waals surface area contributed by atoms with E-state index in [0.29, 0.717) is 0 Å². The predicted octanol–water partition coefficient (Wildman–Crippen LogP) is 2.84. The van der Waals surface area contributed by atoms with E-state index >= 15 is 0 Å². The van der Waals surface area contributed by atoms with E-state index in [1.54, 1.807) is 0 Å². The van der Waals surface area contributed by atoms with Gasteiger partial charge >= 0.3 is 0 Å². The second kappa shape index (κ2) is 5.76. The Morgan fingerprint density at radius 1 is 1.20 bits per heavy atom. The van der Waals surface area contributed by atoms with Crippen molar-refractivity contribution in [3.63, 3.8) is 0 Å². The molecule has 0 aromatic heterocycles. The first-order valence-corrected chi connectivity index (χ1v) is 5.65. The molecule has 0 amide bonds. The maximum atomic E-state index is 5.99. The van der Waals surface area contributed by atoms with Gasteiger partial charge in [0, 0.05) is 6.54 Å². The molecule has 1 rings (SSSR count). The highest BCUT2D eigenvalue weighted by molar-refractivity contribution is 5.22. The summed E-state index contributed by atoms with van der Waals surface area (Å²) in [7, 11) is 0. The molecular weight excluding hydrogens is 186 g/mol. The topological polar surface area (TPSA) is 21.3 Å². The lowest BCUT2D eigenvalue weighted by molar-refractivity contribution is 0.0842. The molecule has 0 heterocycles. The fourth-order valence-electron chi connectivity index (χ4n) is 1.40. The third-order valence-electron chi connectivity index (χ3n) is 2.60. The second-order valence-corrected chi connectivity index (χ2v) is 4.00. The van der Waals surface area contributed by atoms with Crippen molar-refractivity contribution >= 4 is 0 Å². The summed E-state index contributed by atoms with van der Waals surface area (Å²) in [4.78, 5) is 0. The van der Waals surface area contributed by atoms with Crippen LogP contribution in [0.1, 0.15) is 27.2 Å². The fourth-order valence-corrected chi connectivity index (χ4v) is 1.40. The average Bonchev–Trinajstić information content (AvgIpc) is 2.28. The van der Waals surface area contributed by atoms with E-state index in [1.165, 1.54) is 0 Å². The third-order valence-corrected chi connectivity index (χ3v) is 2.60. The SMILES string of the molecule is CCNCC(C)(CC)Oc1ccccc1. The fraction of sp³-hybridized carbons (Fsp3) is 0.538. The van der Waals surface area contributed by atoms with E-state index in [4.69, 9.17) is 4.74 Å². The second-order valence-electron chi connectivity index (χ2n) is 4.00. The van der Waals surface area contributed by atoms with Crippen LogP contribution in [0.15, 0.2) is 30.3 Å². The molecule has 0 saturated carbocycles. The Labute approximate surface area is 92.6 Å². The molecule has 1 aromatic carbocycles. The molecule has 0 bridgehead atoms. The van der Waals surface area contributed by atoms with Gasteiger partial charge in [-0.3, -0.25) is 0 Å². The van der Waals surface area contributed by atoms with Crippen LogP contribution in [-0.4, -0.2) is 18.7 Å². The van der Waals surface area contributed by atoms with Crippen LogP contribution >= 0.6 is 0 Å². The lowest BCUT2D eigenvalue weighted by Crippen LogP contribution is -2.42. The number of likely N-dealkylation sites (N-methyl/N-ethyl adjacent to an activating group) is 1. The molecule has 0 fully saturated rings. The molecule has 0 aliphatic carbocycles. The zero-order chi connectivity index (χ0) is 11.1. The Morgan fingerprint density at radius 3 is 2.40 bits per heavy atom. The van der Waals surface area contributed by atoms with E-state index in [1.807, 2.05) is 30.3 Å². The minimum atomic E-state index is -0.114. The van der Waals surface area contributed by atoms with Crippen LogP contribution in [0.3, 0.4) is 0 Å². The first-order valence-electron chi connectivity index (χ1n) is 5.65. The highest BCUT2D eigenvalue weighted by atomic mass is 16.5. The number of rotatable bonds is 6. The maximum Gasteiger partial charge on any atom is 0.120 e. The zero-order valence-corrected chi connectivity index (χ0v) is 9.92. The van der Waals surface area contributed by atoms with Gasteiger partial charge in [-0.1, -0.05) is 32.0 Å². The van der Waals surface area contributed by atoms with E-state index in [2.05, 4.69) is 26.1 Å². The number of hydrogen-bond acceptors (Lipinski definition) is 2. The number of hydrogen-bond donors (Lipinski definition) is 1. The van der Waals surface area contributed by atoms with Crippen molar-refractivity contribution in [1.82, 2.24) is 5.32 Å². The summed E-state index contributed by atoms with van der Waals surface area (Å²) in [5, 5.41) is 3.34. The number of para-hydroxylation sites is 1. The quantitative estimate of drug-likeness (QED) is 0.774. The molecule has 0 radical (unpaired) electrons. The van der Waals surface area contributed by atoms with Crippen molar-refractivity contribution in [3.05, 3.63) is 30.3 Å². The summed E-state index contributed by atoms with van der Waals surface area (Å²) < 4.78 is 5.99. The van der Waals surface area contributed by atoms with Crippen LogP contribution in [0.5, 0.6) is 5.75 Å². The molecule has 1 unspecified atom stereocenters. The summed E-state index contributed by atoms with van der Waals surface area (Å²) in [6, 6.07) is 10.00. The van der Waals surface area contributed by atoms with Crippen molar-refractivity contribution in [2.75, 3.05) is 13.1 Å². The lowest BCUT2D eigenvalue weighted by Gasteiger charge is -2.29. The van der Waals surface area contributed by atoms with Gasteiger partial charge in [-0.15, -0.1) is 0 Å². The van der Waals surface area contributed by atoms with Gasteiger partial charge in [0.25, 0.3) is 0 Å². The van der Waals surface area contributed by atoms with Gasteiger partial charge in [0.05, 0.1) is 0 Å². The largest absolute Gasteiger partial charge is 0.486 e. The van der Waals surface area contributed by atoms with Crippen molar-refractivity contribution in [2.45, 2.75) is 32.8 Å². The van der Waals surface area contributed by atoms with Crippen LogP contribution in [0.25, 0.3) is 0 Å². The summed E-state index contributed by atoms with van der Waals surface area (Å²) in [5.74, 6) is 0.944. The molecule has 0 aliphatic heterocycles. The van der Waals surface area contributed by atoms with Crippen molar-refractivity contribution < 1.29 is 4.74 Å². The minimum absolute atomic E-state index is 0.114. The monoisotopic (exact) mass is 207 g/mol. The molecule has 1 aromatic rings. The van der Waals surface area contributed by atoms with Crippen molar-refractivity contribution in [2.24, 2.45) is 0 Å². The minimum Gasteiger partial charge on any atom is -0.486 e. The van der Waals surface area contributed by atoms with Crippen LogP contribution in [-0.2, 0) is 0 Å². The first kappa shape index (κ1) is 12.1. The zero-order valence-electron chi connectivity index (χ0n) is 9.92. The van der Waals surface area contributed by atoms with E-state index in [-0.39, 0.29) is 5.60 Å². The molecule has 0 spiro atoms. The Morgan fingerprint density at radius 2 is 1.87 bits per heavy atom. The summed E-state index contributed by atoms with van der Waals surface area (Å²) in [6.45, 7) is 8.27. The molecule has 0 saturated heterocycles. The molecule has 0 aliphatic rings. The highest BCUT2D eigenvalue weighted by Gasteiger charge is 2.23. The van der Waals surface area contributed by atoms with Crippen molar-refractivity contribution in [3.8, 4) is 5.75 Å². The number of benzene rings is 1. The van der Waals surface area contributed by atoms with Gasteiger partial charge in [-0.2, -0.15) is 0 Å². The summed E-state index contributed by atoms with van der Waals surface area (Å²) in [5.41, 5.74) is -0.114. The van der Waals surface area contributed by atoms with Gasteiger partial charge in [-0.05, 0) is 32.0 Å². The molecule has 15 heavy (non-hydrogen) atoms. The smallest absolute Gasteiger partial charge is 0.120 e. The van der Waals surface area contributed by atoms with E-state index in [9.17, 15) is 0 Å². The standard InChI is InChI=1S/C13H21NO/c1-4-13(3,11-14-5-2)15-12-9-7-6-8-10-12/h6-10,14H,4-5,11H2,1-3H3. The van der Waals surface area contributed by atoms with E-state index in [0.717, 1.165) is 25.3 Å². The Bertz CT molecular complexity index is 273. The molecule has 84 valence electrons. The predicted molar refractivity (Wildman–Crippen MR) is 64.3 cm³/mol. The van der Waals surface area contributed by atoms with Crippen LogP contribution in [0, 0.1) is 0 Å². The molecule has 1 N–H and O–H groups in total. The number of nitrogens with one attached hydrogen (secondary N) is 1. The Hall–Kier alpha value is -1.02. The maximum absolute atomic E-state index is 5.99. The molecule has 2 nitrogen and oxygen atoms in total. The summed E-state index contributed by atoms with van der Waals surface area (Å²) in [6.07, 6.45) is 0.995. The molecule has 1 atom stereocenters. The molecule has 2 heteroatoms. The lowest BCUT2D eigenvalue weighted by atomic mass is 10.0. The number of ether oxygens (including phenoxy) is 1. The normalized spacial score (nSPS) is 14.6. The molecular formula is C13H21NO. The van der Waals surface area contributed by atoms with E-state index < -0.39 is 0 Å². The van der Waals surface area contributed by atoms with Crippen LogP contribution < -0.4 is 10.1 Å². The van der Waals surface area contributed by atoms with Gasteiger partial charge in [0.1, 0.15) is 11.4 Å². The average molecular weight is 207 g/mol. The summed E-state index contributed by atoms with van der Waals surface area (Å²) >= 11 is 0.